The zero-order valence-electron chi connectivity index (χ0n) is 15.0. The summed E-state index contributed by atoms with van der Waals surface area (Å²) in [7, 11) is 0. The van der Waals surface area contributed by atoms with E-state index in [-0.39, 0.29) is 10.8 Å². The van der Waals surface area contributed by atoms with Crippen LogP contribution in [-0.2, 0) is 4.79 Å². The smallest absolute Gasteiger partial charge is 0.274 e. The lowest BCUT2D eigenvalue weighted by Crippen LogP contribution is -2.32. The highest BCUT2D eigenvalue weighted by atomic mass is 32.1. The van der Waals surface area contributed by atoms with Gasteiger partial charge in [-0.2, -0.15) is 0 Å². The van der Waals surface area contributed by atoms with Crippen molar-refractivity contribution in [1.82, 2.24) is 5.32 Å². The number of hydrogen-bond donors (Lipinski definition) is 2. The number of nitro benzene ring substituents is 1. The van der Waals surface area contributed by atoms with Crippen LogP contribution in [0.15, 0.2) is 66.7 Å². The van der Waals surface area contributed by atoms with Gasteiger partial charge in [-0.15, -0.1) is 0 Å². The highest BCUT2D eigenvalue weighted by Crippen LogP contribution is 2.22. The van der Waals surface area contributed by atoms with Gasteiger partial charge in [0, 0.05) is 23.4 Å². The van der Waals surface area contributed by atoms with Crippen LogP contribution in [0.5, 0.6) is 0 Å². The fraction of sp³-hybridized carbons (Fsp3) is 0.0476. The van der Waals surface area contributed by atoms with Crippen molar-refractivity contribution in [3.8, 4) is 0 Å². The maximum Gasteiger partial charge on any atom is 0.274 e. The number of fused-ring (bicyclic) bond motifs is 1. The molecule has 0 saturated carbocycles. The highest BCUT2D eigenvalue weighted by molar-refractivity contribution is 7.80. The second-order valence-electron chi connectivity index (χ2n) is 6.10. The topological polar surface area (TPSA) is 84.3 Å². The molecule has 0 atom stereocenters. The second-order valence-corrected chi connectivity index (χ2v) is 6.51. The highest BCUT2D eigenvalue weighted by Gasteiger charge is 2.12. The molecule has 0 unspecified atom stereocenters. The zero-order chi connectivity index (χ0) is 20.1. The van der Waals surface area contributed by atoms with E-state index in [1.807, 2.05) is 42.5 Å². The third kappa shape index (κ3) is 4.57. The molecule has 0 radical (unpaired) electrons. The van der Waals surface area contributed by atoms with Crippen molar-refractivity contribution < 1.29 is 9.72 Å². The Kier molecular flexibility index (Phi) is 5.76. The minimum absolute atomic E-state index is 0.0185. The molecule has 0 heterocycles. The van der Waals surface area contributed by atoms with E-state index < -0.39 is 10.8 Å². The van der Waals surface area contributed by atoms with Gasteiger partial charge in [-0.3, -0.25) is 20.2 Å². The van der Waals surface area contributed by atoms with Crippen LogP contribution in [0.2, 0.25) is 0 Å². The average molecular weight is 391 g/mol. The van der Waals surface area contributed by atoms with Crippen LogP contribution in [0.25, 0.3) is 16.8 Å². The quantitative estimate of drug-likeness (QED) is 0.294. The summed E-state index contributed by atoms with van der Waals surface area (Å²) in [5.74, 6) is -0.396. The fourth-order valence-electron chi connectivity index (χ4n) is 2.76. The van der Waals surface area contributed by atoms with Gasteiger partial charge in [0.1, 0.15) is 0 Å². The Morgan fingerprint density at radius 3 is 2.64 bits per heavy atom. The summed E-state index contributed by atoms with van der Waals surface area (Å²) in [6.45, 7) is 1.65. The molecule has 0 aliphatic rings. The predicted octanol–water partition coefficient (Wildman–Crippen LogP) is 4.58. The molecule has 3 rings (SSSR count). The second kappa shape index (κ2) is 8.41. The lowest BCUT2D eigenvalue weighted by molar-refractivity contribution is -0.385. The Hall–Kier alpha value is -3.58. The standard InChI is InChI=1S/C21H17N3O3S/c1-14-9-11-17(13-19(14)24(26)27)22-21(28)23-20(25)12-10-16-7-4-6-15-5-2-3-8-18(15)16/h2-13H,1H3,(H2,22,23,25,28). The van der Waals surface area contributed by atoms with Crippen LogP contribution in [0, 0.1) is 17.0 Å². The van der Waals surface area contributed by atoms with Crippen LogP contribution >= 0.6 is 12.2 Å². The first-order valence-electron chi connectivity index (χ1n) is 8.47. The first-order valence-corrected chi connectivity index (χ1v) is 8.88. The number of rotatable bonds is 4. The summed E-state index contributed by atoms with van der Waals surface area (Å²) < 4.78 is 0. The number of anilines is 1. The molecule has 3 aromatic carbocycles. The molecule has 0 fully saturated rings. The SMILES string of the molecule is Cc1ccc(NC(=S)NC(=O)C=Cc2cccc3ccccc23)cc1[N+](=O)[O-]. The summed E-state index contributed by atoms with van der Waals surface area (Å²) >= 11 is 5.12. The van der Waals surface area contributed by atoms with Crippen molar-refractivity contribution >= 4 is 51.5 Å². The molecule has 2 N–H and O–H groups in total. The van der Waals surface area contributed by atoms with Gasteiger partial charge >= 0.3 is 0 Å². The summed E-state index contributed by atoms with van der Waals surface area (Å²) in [5, 5.41) is 18.5. The third-order valence-electron chi connectivity index (χ3n) is 4.14. The maximum absolute atomic E-state index is 12.1. The number of hydrogen-bond acceptors (Lipinski definition) is 4. The third-order valence-corrected chi connectivity index (χ3v) is 4.34. The maximum atomic E-state index is 12.1. The first-order chi connectivity index (χ1) is 13.4. The van der Waals surface area contributed by atoms with Gasteiger partial charge in [-0.05, 0) is 47.6 Å². The van der Waals surface area contributed by atoms with Gasteiger partial charge in [-0.25, -0.2) is 0 Å². The summed E-state index contributed by atoms with van der Waals surface area (Å²) in [6, 6.07) is 18.4. The van der Waals surface area contributed by atoms with Crippen LogP contribution in [0.1, 0.15) is 11.1 Å². The van der Waals surface area contributed by atoms with Gasteiger partial charge in [0.05, 0.1) is 4.92 Å². The number of nitrogens with zero attached hydrogens (tertiary/aromatic N) is 1. The van der Waals surface area contributed by atoms with E-state index in [0.29, 0.717) is 11.3 Å². The molecule has 0 aromatic heterocycles. The van der Waals surface area contributed by atoms with E-state index in [1.54, 1.807) is 25.1 Å². The molecule has 0 saturated heterocycles. The first kappa shape index (κ1) is 19.2. The van der Waals surface area contributed by atoms with E-state index in [2.05, 4.69) is 10.6 Å². The van der Waals surface area contributed by atoms with Crippen molar-refractivity contribution in [2.75, 3.05) is 5.32 Å². The Balaban J connectivity index is 1.66. The minimum atomic E-state index is -0.463. The zero-order valence-corrected chi connectivity index (χ0v) is 15.8. The van der Waals surface area contributed by atoms with Crippen LogP contribution in [-0.4, -0.2) is 15.9 Å². The van der Waals surface area contributed by atoms with Gasteiger partial charge < -0.3 is 5.32 Å². The van der Waals surface area contributed by atoms with Crippen molar-refractivity contribution in [3.05, 3.63) is 88.0 Å². The molecule has 0 aliphatic carbocycles. The van der Waals surface area contributed by atoms with E-state index in [1.165, 1.54) is 12.1 Å². The van der Waals surface area contributed by atoms with E-state index >= 15 is 0 Å². The van der Waals surface area contributed by atoms with Crippen molar-refractivity contribution in [2.24, 2.45) is 0 Å². The van der Waals surface area contributed by atoms with Crippen LogP contribution < -0.4 is 10.6 Å². The minimum Gasteiger partial charge on any atom is -0.332 e. The molecule has 6 nitrogen and oxygen atoms in total. The Morgan fingerprint density at radius 1 is 1.11 bits per heavy atom. The van der Waals surface area contributed by atoms with Crippen molar-refractivity contribution in [2.45, 2.75) is 6.92 Å². The predicted molar refractivity (Wildman–Crippen MR) is 115 cm³/mol. The molecule has 0 aliphatic heterocycles. The molecule has 7 heteroatoms. The lowest BCUT2D eigenvalue weighted by Gasteiger charge is -2.09. The number of nitrogens with one attached hydrogen (secondary N) is 2. The molecular formula is C21H17N3O3S. The van der Waals surface area contributed by atoms with Crippen molar-refractivity contribution in [3.63, 3.8) is 0 Å². The Bertz CT molecular complexity index is 1100. The largest absolute Gasteiger partial charge is 0.332 e. The van der Waals surface area contributed by atoms with E-state index in [0.717, 1.165) is 16.3 Å². The molecule has 0 bridgehead atoms. The van der Waals surface area contributed by atoms with E-state index in [9.17, 15) is 14.9 Å². The Morgan fingerprint density at radius 2 is 1.86 bits per heavy atom. The number of benzene rings is 3. The number of nitro groups is 1. The monoisotopic (exact) mass is 391 g/mol. The van der Waals surface area contributed by atoms with Crippen molar-refractivity contribution in [1.29, 1.82) is 0 Å². The summed E-state index contributed by atoms with van der Waals surface area (Å²) in [6.07, 6.45) is 3.12. The molecule has 140 valence electrons. The lowest BCUT2D eigenvalue weighted by atomic mass is 10.0. The number of carbonyl (C=O) groups is 1. The number of amides is 1. The number of thiocarbonyl (C=S) groups is 1. The van der Waals surface area contributed by atoms with Gasteiger partial charge in [0.25, 0.3) is 5.69 Å². The van der Waals surface area contributed by atoms with Crippen LogP contribution in [0.3, 0.4) is 0 Å². The van der Waals surface area contributed by atoms with Crippen LogP contribution in [0.4, 0.5) is 11.4 Å². The van der Waals surface area contributed by atoms with Gasteiger partial charge in [0.2, 0.25) is 5.91 Å². The molecule has 1 amide bonds. The number of carbonyl (C=O) groups excluding carboxylic acids is 1. The van der Waals surface area contributed by atoms with Gasteiger partial charge in [0.15, 0.2) is 5.11 Å². The fourth-order valence-corrected chi connectivity index (χ4v) is 2.98. The average Bonchev–Trinajstić information content (AvgIpc) is 2.67. The molecule has 0 spiro atoms. The Labute approximate surface area is 167 Å². The normalized spacial score (nSPS) is 10.8. The van der Waals surface area contributed by atoms with E-state index in [4.69, 9.17) is 12.2 Å². The van der Waals surface area contributed by atoms with Gasteiger partial charge in [-0.1, -0.05) is 48.5 Å². The molecular weight excluding hydrogens is 374 g/mol. The summed E-state index contributed by atoms with van der Waals surface area (Å²) in [4.78, 5) is 22.7. The molecule has 3 aromatic rings. The number of aryl methyl sites for hydroxylation is 1. The summed E-state index contributed by atoms with van der Waals surface area (Å²) in [5.41, 5.74) is 1.88. The molecule has 28 heavy (non-hydrogen) atoms.